The average molecular weight is 191 g/mol. The van der Waals surface area contributed by atoms with Crippen molar-refractivity contribution in [3.05, 3.63) is 35.9 Å². The van der Waals surface area contributed by atoms with Gasteiger partial charge in [0.2, 0.25) is 0 Å². The molecule has 0 saturated heterocycles. The van der Waals surface area contributed by atoms with Crippen molar-refractivity contribution in [3.63, 3.8) is 0 Å². The van der Waals surface area contributed by atoms with Gasteiger partial charge < -0.3 is 10.1 Å². The molecule has 2 unspecified atom stereocenters. The molecule has 2 atom stereocenters. The Labute approximate surface area is 85.3 Å². The molecular weight excluding hydrogens is 174 g/mol. The first kappa shape index (κ1) is 9.69. The highest BCUT2D eigenvalue weighted by Gasteiger charge is 2.37. The topological polar surface area (TPSA) is 21.3 Å². The molecule has 2 heteroatoms. The Hall–Kier alpha value is -0.860. The number of benzene rings is 1. The monoisotopic (exact) mass is 191 g/mol. The molecule has 1 N–H and O–H groups in total. The molecule has 0 amide bonds. The van der Waals surface area contributed by atoms with Crippen LogP contribution in [-0.4, -0.2) is 26.3 Å². The molecule has 1 aromatic rings. The van der Waals surface area contributed by atoms with Crippen LogP contribution in [0.25, 0.3) is 0 Å². The van der Waals surface area contributed by atoms with Crippen molar-refractivity contribution in [2.75, 3.05) is 20.3 Å². The lowest BCUT2D eigenvalue weighted by molar-refractivity contribution is 0.199. The molecule has 0 heterocycles. The molecule has 1 saturated carbocycles. The Morgan fingerprint density at radius 3 is 2.86 bits per heavy atom. The van der Waals surface area contributed by atoms with Gasteiger partial charge in [0.15, 0.2) is 0 Å². The highest BCUT2D eigenvalue weighted by molar-refractivity contribution is 5.27. The van der Waals surface area contributed by atoms with Crippen LogP contribution in [0.4, 0.5) is 0 Å². The van der Waals surface area contributed by atoms with Crippen LogP contribution in [0.1, 0.15) is 17.9 Å². The number of methoxy groups -OCH3 is 1. The van der Waals surface area contributed by atoms with Gasteiger partial charge in [0.1, 0.15) is 0 Å². The van der Waals surface area contributed by atoms with Crippen LogP contribution in [-0.2, 0) is 4.74 Å². The first-order valence-electron chi connectivity index (χ1n) is 5.19. The lowest BCUT2D eigenvalue weighted by atomic mass is 10.1. The summed E-state index contributed by atoms with van der Waals surface area (Å²) < 4.78 is 5.00. The second-order valence-corrected chi connectivity index (χ2v) is 3.81. The minimum absolute atomic E-state index is 0.674. The largest absolute Gasteiger partial charge is 0.383 e. The zero-order valence-corrected chi connectivity index (χ0v) is 8.57. The second-order valence-electron chi connectivity index (χ2n) is 3.81. The smallest absolute Gasteiger partial charge is 0.0587 e. The van der Waals surface area contributed by atoms with Crippen molar-refractivity contribution >= 4 is 0 Å². The van der Waals surface area contributed by atoms with Crippen LogP contribution in [0, 0.1) is 0 Å². The van der Waals surface area contributed by atoms with E-state index in [0.717, 1.165) is 19.1 Å². The molecule has 1 fully saturated rings. The van der Waals surface area contributed by atoms with E-state index in [9.17, 15) is 0 Å². The Kier molecular flexibility index (Phi) is 3.17. The summed E-state index contributed by atoms with van der Waals surface area (Å²) in [5, 5.41) is 3.48. The fourth-order valence-corrected chi connectivity index (χ4v) is 1.84. The average Bonchev–Trinajstić information content (AvgIpc) is 2.99. The number of rotatable bonds is 5. The van der Waals surface area contributed by atoms with Gasteiger partial charge in [0.05, 0.1) is 6.61 Å². The minimum Gasteiger partial charge on any atom is -0.383 e. The van der Waals surface area contributed by atoms with Gasteiger partial charge >= 0.3 is 0 Å². The van der Waals surface area contributed by atoms with Gasteiger partial charge in [0.25, 0.3) is 0 Å². The molecule has 0 bridgehead atoms. The highest BCUT2D eigenvalue weighted by Crippen LogP contribution is 2.40. The van der Waals surface area contributed by atoms with E-state index in [0.29, 0.717) is 6.04 Å². The maximum atomic E-state index is 5.00. The molecule has 1 aliphatic rings. The van der Waals surface area contributed by atoms with Crippen LogP contribution in [0.5, 0.6) is 0 Å². The molecular formula is C12H17NO. The van der Waals surface area contributed by atoms with Gasteiger partial charge in [-0.2, -0.15) is 0 Å². The van der Waals surface area contributed by atoms with Gasteiger partial charge in [-0.05, 0) is 12.0 Å². The van der Waals surface area contributed by atoms with E-state index in [-0.39, 0.29) is 0 Å². The van der Waals surface area contributed by atoms with E-state index in [2.05, 4.69) is 35.6 Å². The summed E-state index contributed by atoms with van der Waals surface area (Å²) in [5.74, 6) is 0.730. The predicted molar refractivity (Wildman–Crippen MR) is 57.5 cm³/mol. The number of hydrogen-bond acceptors (Lipinski definition) is 2. The fourth-order valence-electron chi connectivity index (χ4n) is 1.84. The number of hydrogen-bond donors (Lipinski definition) is 1. The van der Waals surface area contributed by atoms with Crippen molar-refractivity contribution in [2.45, 2.75) is 18.4 Å². The zero-order valence-electron chi connectivity index (χ0n) is 8.57. The van der Waals surface area contributed by atoms with Crippen LogP contribution in [0.2, 0.25) is 0 Å². The van der Waals surface area contributed by atoms with E-state index >= 15 is 0 Å². The third-order valence-corrected chi connectivity index (χ3v) is 2.73. The van der Waals surface area contributed by atoms with Crippen LogP contribution in [0.3, 0.4) is 0 Å². The van der Waals surface area contributed by atoms with E-state index in [4.69, 9.17) is 4.74 Å². The summed E-state index contributed by atoms with van der Waals surface area (Å²) in [4.78, 5) is 0. The standard InChI is InChI=1S/C12H17NO/c1-14-8-7-13-12-9-11(12)10-5-3-2-4-6-10/h2-6,11-13H,7-9H2,1H3. The summed E-state index contributed by atoms with van der Waals surface area (Å²) in [5.41, 5.74) is 1.46. The molecule has 2 rings (SSSR count). The van der Waals surface area contributed by atoms with Gasteiger partial charge in [-0.25, -0.2) is 0 Å². The van der Waals surface area contributed by atoms with Gasteiger partial charge in [0, 0.05) is 25.6 Å². The molecule has 0 radical (unpaired) electrons. The van der Waals surface area contributed by atoms with Gasteiger partial charge in [-0.15, -0.1) is 0 Å². The van der Waals surface area contributed by atoms with Crippen LogP contribution >= 0.6 is 0 Å². The van der Waals surface area contributed by atoms with E-state index in [1.54, 1.807) is 7.11 Å². The molecule has 0 spiro atoms. The normalized spacial score (nSPS) is 24.9. The van der Waals surface area contributed by atoms with Gasteiger partial charge in [-0.3, -0.25) is 0 Å². The van der Waals surface area contributed by atoms with Crippen molar-refractivity contribution in [1.82, 2.24) is 5.32 Å². The summed E-state index contributed by atoms with van der Waals surface area (Å²) in [6.07, 6.45) is 1.27. The van der Waals surface area contributed by atoms with E-state index in [1.165, 1.54) is 12.0 Å². The first-order valence-corrected chi connectivity index (χ1v) is 5.19. The van der Waals surface area contributed by atoms with Crippen LogP contribution < -0.4 is 5.32 Å². The highest BCUT2D eigenvalue weighted by atomic mass is 16.5. The van der Waals surface area contributed by atoms with E-state index in [1.807, 2.05) is 0 Å². The Bertz CT molecular complexity index is 273. The maximum absolute atomic E-state index is 5.00. The molecule has 0 aliphatic heterocycles. The lowest BCUT2D eigenvalue weighted by Gasteiger charge is -2.02. The summed E-state index contributed by atoms with van der Waals surface area (Å²) >= 11 is 0. The molecule has 2 nitrogen and oxygen atoms in total. The SMILES string of the molecule is COCCNC1CC1c1ccccc1. The van der Waals surface area contributed by atoms with Gasteiger partial charge in [-0.1, -0.05) is 30.3 Å². The molecule has 1 aliphatic carbocycles. The lowest BCUT2D eigenvalue weighted by Crippen LogP contribution is -2.22. The summed E-state index contributed by atoms with van der Waals surface area (Å²) in [6.45, 7) is 1.77. The third kappa shape index (κ3) is 2.34. The number of nitrogens with one attached hydrogen (secondary N) is 1. The van der Waals surface area contributed by atoms with E-state index < -0.39 is 0 Å². The van der Waals surface area contributed by atoms with Crippen molar-refractivity contribution in [1.29, 1.82) is 0 Å². The first-order chi connectivity index (χ1) is 6.92. The maximum Gasteiger partial charge on any atom is 0.0587 e. The van der Waals surface area contributed by atoms with Crippen molar-refractivity contribution in [3.8, 4) is 0 Å². The van der Waals surface area contributed by atoms with Crippen LogP contribution in [0.15, 0.2) is 30.3 Å². The second kappa shape index (κ2) is 4.58. The fraction of sp³-hybridized carbons (Fsp3) is 0.500. The molecule has 14 heavy (non-hydrogen) atoms. The Balaban J connectivity index is 1.76. The Morgan fingerprint density at radius 2 is 2.14 bits per heavy atom. The van der Waals surface area contributed by atoms with Crippen molar-refractivity contribution in [2.24, 2.45) is 0 Å². The predicted octanol–water partition coefficient (Wildman–Crippen LogP) is 1.78. The molecule has 1 aromatic carbocycles. The Morgan fingerprint density at radius 1 is 1.36 bits per heavy atom. The molecule has 76 valence electrons. The zero-order chi connectivity index (χ0) is 9.80. The summed E-state index contributed by atoms with van der Waals surface area (Å²) in [7, 11) is 1.74. The molecule has 0 aromatic heterocycles. The number of ether oxygens (including phenoxy) is 1. The quantitative estimate of drug-likeness (QED) is 0.716. The third-order valence-electron chi connectivity index (χ3n) is 2.73. The minimum atomic E-state index is 0.674. The summed E-state index contributed by atoms with van der Waals surface area (Å²) in [6, 6.07) is 11.4. The van der Waals surface area contributed by atoms with Crippen molar-refractivity contribution < 1.29 is 4.74 Å².